The van der Waals surface area contributed by atoms with Crippen LogP contribution in [0.1, 0.15) is 21.2 Å². The van der Waals surface area contributed by atoms with Crippen LogP contribution in [-0.2, 0) is 6.54 Å². The van der Waals surface area contributed by atoms with Crippen molar-refractivity contribution in [1.82, 2.24) is 15.0 Å². The number of nitrogens with two attached hydrogens (primary N) is 1. The van der Waals surface area contributed by atoms with Gasteiger partial charge in [0.25, 0.3) is 0 Å². The Kier molecular flexibility index (Phi) is 3.40. The van der Waals surface area contributed by atoms with Crippen LogP contribution in [0.4, 0.5) is 0 Å². The Balaban J connectivity index is 2.36. The zero-order valence-corrected chi connectivity index (χ0v) is 9.90. The molecule has 6 nitrogen and oxygen atoms in total. The number of nitrogens with zero attached hydrogens (tertiary/aromatic N) is 3. The lowest BCUT2D eigenvalue weighted by molar-refractivity contribution is 0.102. The fraction of sp³-hybridized carbons (Fsp3) is 0.200. The lowest BCUT2D eigenvalue weighted by atomic mass is 10.2. The molecule has 0 aliphatic carbocycles. The van der Waals surface area contributed by atoms with Gasteiger partial charge in [0.05, 0.1) is 7.11 Å². The highest BCUT2D eigenvalue weighted by molar-refractivity contribution is 7.09. The highest BCUT2D eigenvalue weighted by Gasteiger charge is 2.19. The Hall–Kier alpha value is -1.86. The first-order valence-electron chi connectivity index (χ1n) is 4.80. The van der Waals surface area contributed by atoms with E-state index in [4.69, 9.17) is 10.5 Å². The second-order valence-electron chi connectivity index (χ2n) is 3.07. The number of rotatable bonds is 4. The number of ether oxygens (including phenoxy) is 1. The average molecular weight is 250 g/mol. The molecule has 7 heteroatoms. The first kappa shape index (κ1) is 11.6. The average Bonchev–Trinajstić information content (AvgIpc) is 2.86. The van der Waals surface area contributed by atoms with Crippen molar-refractivity contribution in [2.45, 2.75) is 6.54 Å². The molecular weight excluding hydrogens is 240 g/mol. The summed E-state index contributed by atoms with van der Waals surface area (Å²) < 4.78 is 4.98. The van der Waals surface area contributed by atoms with Crippen molar-refractivity contribution < 1.29 is 9.53 Å². The van der Waals surface area contributed by atoms with Crippen molar-refractivity contribution in [3.05, 3.63) is 34.2 Å². The molecule has 2 heterocycles. The van der Waals surface area contributed by atoms with Gasteiger partial charge in [-0.05, 0) is 0 Å². The summed E-state index contributed by atoms with van der Waals surface area (Å²) >= 11 is 1.34. The van der Waals surface area contributed by atoms with E-state index in [9.17, 15) is 4.79 Å². The molecule has 0 aromatic carbocycles. The van der Waals surface area contributed by atoms with Gasteiger partial charge in [-0.1, -0.05) is 0 Å². The summed E-state index contributed by atoms with van der Waals surface area (Å²) in [6.07, 6.45) is 2.90. The molecule has 0 fully saturated rings. The van der Waals surface area contributed by atoms with Gasteiger partial charge in [0.15, 0.2) is 5.69 Å². The van der Waals surface area contributed by atoms with E-state index in [1.165, 1.54) is 30.8 Å². The van der Waals surface area contributed by atoms with Gasteiger partial charge in [-0.2, -0.15) is 0 Å². The van der Waals surface area contributed by atoms with E-state index < -0.39 is 0 Å². The van der Waals surface area contributed by atoms with Crippen LogP contribution in [0.3, 0.4) is 0 Å². The van der Waals surface area contributed by atoms with Gasteiger partial charge in [0.2, 0.25) is 11.7 Å². The smallest absolute Gasteiger partial charge is 0.243 e. The number of aromatic nitrogens is 3. The molecule has 2 aromatic rings. The predicted molar refractivity (Wildman–Crippen MR) is 62.0 cm³/mol. The van der Waals surface area contributed by atoms with Crippen molar-refractivity contribution in [3.63, 3.8) is 0 Å². The summed E-state index contributed by atoms with van der Waals surface area (Å²) in [5.74, 6) is -0.120. The van der Waals surface area contributed by atoms with Gasteiger partial charge < -0.3 is 10.5 Å². The quantitative estimate of drug-likeness (QED) is 0.800. The van der Waals surface area contributed by atoms with Crippen LogP contribution in [0.25, 0.3) is 0 Å². The van der Waals surface area contributed by atoms with Gasteiger partial charge in [-0.25, -0.2) is 15.0 Å². The van der Waals surface area contributed by atoms with Gasteiger partial charge in [-0.3, -0.25) is 4.79 Å². The molecule has 0 aliphatic heterocycles. The van der Waals surface area contributed by atoms with Gasteiger partial charge in [-0.15, -0.1) is 11.3 Å². The third kappa shape index (κ3) is 2.29. The fourth-order valence-electron chi connectivity index (χ4n) is 1.26. The monoisotopic (exact) mass is 250 g/mol. The second-order valence-corrected chi connectivity index (χ2v) is 4.02. The minimum Gasteiger partial charge on any atom is -0.479 e. The topological polar surface area (TPSA) is 91.0 Å². The van der Waals surface area contributed by atoms with E-state index in [2.05, 4.69) is 15.0 Å². The number of thiazole rings is 1. The minimum absolute atomic E-state index is 0.156. The molecule has 17 heavy (non-hydrogen) atoms. The summed E-state index contributed by atoms with van der Waals surface area (Å²) in [7, 11) is 1.44. The minimum atomic E-state index is -0.314. The van der Waals surface area contributed by atoms with Crippen molar-refractivity contribution in [3.8, 4) is 5.88 Å². The van der Waals surface area contributed by atoms with Crippen LogP contribution >= 0.6 is 11.3 Å². The van der Waals surface area contributed by atoms with Crippen LogP contribution in [0.2, 0.25) is 0 Å². The van der Waals surface area contributed by atoms with Crippen LogP contribution in [0, 0.1) is 0 Å². The standard InChI is InChI=1S/C10H10N4O2S/c1-16-10-8(12-2-3-13-10)9(15)6-5-17-7(4-11)14-6/h2-3,5H,4,11H2,1H3. The summed E-state index contributed by atoms with van der Waals surface area (Å²) in [5, 5.41) is 2.36. The first-order chi connectivity index (χ1) is 8.26. The highest BCUT2D eigenvalue weighted by atomic mass is 32.1. The third-order valence-corrected chi connectivity index (χ3v) is 2.90. The summed E-state index contributed by atoms with van der Waals surface area (Å²) in [6, 6.07) is 0. The van der Waals surface area contributed by atoms with E-state index in [0.717, 1.165) is 0 Å². The first-order valence-corrected chi connectivity index (χ1v) is 5.68. The Labute approximate surface area is 101 Å². The lowest BCUT2D eigenvalue weighted by Gasteiger charge is -2.02. The number of hydrogen-bond acceptors (Lipinski definition) is 7. The predicted octanol–water partition coefficient (Wildman–Crippen LogP) is 0.631. The zero-order valence-electron chi connectivity index (χ0n) is 9.08. The normalized spacial score (nSPS) is 10.2. The van der Waals surface area contributed by atoms with Gasteiger partial charge in [0.1, 0.15) is 10.7 Å². The molecule has 0 radical (unpaired) electrons. The van der Waals surface area contributed by atoms with Gasteiger partial charge in [0, 0.05) is 24.3 Å². The molecule has 88 valence electrons. The maximum absolute atomic E-state index is 12.1. The third-order valence-electron chi connectivity index (χ3n) is 2.03. The molecular formula is C10H10N4O2S. The number of carbonyl (C=O) groups excluding carboxylic acids is 1. The van der Waals surface area contributed by atoms with Gasteiger partial charge >= 0.3 is 0 Å². The Morgan fingerprint density at radius 1 is 1.47 bits per heavy atom. The Bertz CT molecular complexity index is 541. The van der Waals surface area contributed by atoms with Crippen molar-refractivity contribution in [2.24, 2.45) is 5.73 Å². The highest BCUT2D eigenvalue weighted by Crippen LogP contribution is 2.17. The molecule has 2 aromatic heterocycles. The fourth-order valence-corrected chi connectivity index (χ4v) is 1.92. The molecule has 2 N–H and O–H groups in total. The van der Waals surface area contributed by atoms with E-state index in [0.29, 0.717) is 17.2 Å². The number of hydrogen-bond donors (Lipinski definition) is 1. The van der Waals surface area contributed by atoms with Crippen LogP contribution in [-0.4, -0.2) is 27.8 Å². The Morgan fingerprint density at radius 2 is 2.24 bits per heavy atom. The summed E-state index contributed by atoms with van der Waals surface area (Å²) in [6.45, 7) is 0.315. The van der Waals surface area contributed by atoms with E-state index in [-0.39, 0.29) is 17.4 Å². The van der Waals surface area contributed by atoms with E-state index in [1.807, 2.05) is 0 Å². The number of methoxy groups -OCH3 is 1. The molecule has 0 spiro atoms. The molecule has 0 bridgehead atoms. The zero-order chi connectivity index (χ0) is 12.3. The van der Waals surface area contributed by atoms with Crippen LogP contribution in [0.5, 0.6) is 5.88 Å². The molecule has 0 amide bonds. The van der Waals surface area contributed by atoms with E-state index in [1.54, 1.807) is 5.38 Å². The molecule has 2 rings (SSSR count). The SMILES string of the molecule is COc1nccnc1C(=O)c1csc(CN)n1. The Morgan fingerprint density at radius 3 is 2.88 bits per heavy atom. The maximum Gasteiger partial charge on any atom is 0.243 e. The van der Waals surface area contributed by atoms with Crippen molar-refractivity contribution in [1.29, 1.82) is 0 Å². The largest absolute Gasteiger partial charge is 0.479 e. The summed E-state index contributed by atoms with van der Waals surface area (Å²) in [4.78, 5) is 24.1. The molecule has 0 aliphatic rings. The number of carbonyl (C=O) groups is 1. The van der Waals surface area contributed by atoms with Crippen molar-refractivity contribution in [2.75, 3.05) is 7.11 Å². The number of ketones is 1. The summed E-state index contributed by atoms with van der Waals surface area (Å²) in [5.41, 5.74) is 5.91. The van der Waals surface area contributed by atoms with Crippen LogP contribution in [0.15, 0.2) is 17.8 Å². The van der Waals surface area contributed by atoms with Crippen LogP contribution < -0.4 is 10.5 Å². The molecule has 0 saturated heterocycles. The maximum atomic E-state index is 12.1. The molecule has 0 saturated carbocycles. The molecule has 0 unspecified atom stereocenters. The lowest BCUT2D eigenvalue weighted by Crippen LogP contribution is -2.08. The van der Waals surface area contributed by atoms with E-state index >= 15 is 0 Å². The van der Waals surface area contributed by atoms with Crippen molar-refractivity contribution >= 4 is 17.1 Å². The molecule has 0 atom stereocenters. The second kappa shape index (κ2) is 4.98.